The first-order chi connectivity index (χ1) is 12.2. The molecule has 0 radical (unpaired) electrons. The zero-order valence-electron chi connectivity index (χ0n) is 14.1. The highest BCUT2D eigenvalue weighted by atomic mass is 16.7. The van der Waals surface area contributed by atoms with Gasteiger partial charge in [0.05, 0.1) is 19.8 Å². The number of rotatable bonds is 7. The van der Waals surface area contributed by atoms with Gasteiger partial charge >= 0.3 is 0 Å². The van der Waals surface area contributed by atoms with E-state index in [2.05, 4.69) is 11.2 Å². The van der Waals surface area contributed by atoms with Crippen molar-refractivity contribution in [3.05, 3.63) is 47.2 Å². The molecule has 2 N–H and O–H groups in total. The normalized spacial score (nSPS) is 22.5. The van der Waals surface area contributed by atoms with Crippen LogP contribution in [0.15, 0.2) is 36.1 Å². The Morgan fingerprint density at radius 2 is 2.04 bits per heavy atom. The lowest BCUT2D eigenvalue weighted by atomic mass is 9.96. The van der Waals surface area contributed by atoms with E-state index < -0.39 is 6.29 Å². The summed E-state index contributed by atoms with van der Waals surface area (Å²) in [4.78, 5) is 12.2. The molecule has 1 aliphatic carbocycles. The number of ether oxygens (including phenoxy) is 2. The summed E-state index contributed by atoms with van der Waals surface area (Å²) in [6.07, 6.45) is 9.79. The Kier molecular flexibility index (Phi) is 5.75. The van der Waals surface area contributed by atoms with Crippen molar-refractivity contribution >= 4 is 5.91 Å². The first-order valence-corrected chi connectivity index (χ1v) is 8.60. The number of carbonyl (C=O) groups excluding carboxylic acids is 1. The van der Waals surface area contributed by atoms with Gasteiger partial charge in [0.1, 0.15) is 0 Å². The largest absolute Gasteiger partial charge is 0.459 e. The van der Waals surface area contributed by atoms with E-state index in [0.717, 1.165) is 17.5 Å². The number of nitrogens with one attached hydrogen (secondary N) is 1. The Morgan fingerprint density at radius 3 is 2.68 bits per heavy atom. The minimum absolute atomic E-state index is 0.0247. The highest BCUT2D eigenvalue weighted by Crippen LogP contribution is 2.42. The van der Waals surface area contributed by atoms with E-state index >= 15 is 0 Å². The molecule has 2 aliphatic rings. The number of terminal acetylenes is 1. The first kappa shape index (κ1) is 17.5. The van der Waals surface area contributed by atoms with Gasteiger partial charge < -0.3 is 19.9 Å². The minimum Gasteiger partial charge on any atom is -0.459 e. The summed E-state index contributed by atoms with van der Waals surface area (Å²) in [7, 11) is 0. The molecular weight excluding hydrogens is 318 g/mol. The molecule has 0 spiro atoms. The fourth-order valence-corrected chi connectivity index (χ4v) is 2.95. The summed E-state index contributed by atoms with van der Waals surface area (Å²) < 4.78 is 11.6. The molecule has 1 aliphatic heterocycles. The van der Waals surface area contributed by atoms with Gasteiger partial charge in [0, 0.05) is 6.42 Å². The summed E-state index contributed by atoms with van der Waals surface area (Å²) in [5, 5.41) is 11.7. The molecule has 132 valence electrons. The molecule has 0 unspecified atom stereocenters. The van der Waals surface area contributed by atoms with Crippen molar-refractivity contribution in [1.82, 2.24) is 5.32 Å². The lowest BCUT2D eigenvalue weighted by Gasteiger charge is -2.29. The third-order valence-corrected chi connectivity index (χ3v) is 4.53. The highest BCUT2D eigenvalue weighted by Gasteiger charge is 2.37. The standard InChI is InChI=1S/C20H23NO4/c1-2-9-21-20(23)18-10-17(16-7-8-16)11-19(25-18)24-13-15-5-3-14(12-22)4-6-15/h1,3-6,10,16-17,19,22H,7-9,11-13H2,(H,21,23)/t17-,19+/m0/s1. The maximum atomic E-state index is 12.2. The van der Waals surface area contributed by atoms with Gasteiger partial charge in [0.15, 0.2) is 5.76 Å². The van der Waals surface area contributed by atoms with E-state index in [-0.39, 0.29) is 19.1 Å². The van der Waals surface area contributed by atoms with Crippen LogP contribution in [0, 0.1) is 24.2 Å². The molecule has 1 aromatic carbocycles. The number of benzene rings is 1. The second-order valence-electron chi connectivity index (χ2n) is 6.49. The summed E-state index contributed by atoms with van der Waals surface area (Å²) >= 11 is 0. The second kappa shape index (κ2) is 8.19. The molecule has 1 heterocycles. The van der Waals surface area contributed by atoms with Gasteiger partial charge in [-0.1, -0.05) is 30.2 Å². The molecule has 3 rings (SSSR count). The molecule has 1 fully saturated rings. The summed E-state index contributed by atoms with van der Waals surface area (Å²) in [5.41, 5.74) is 1.86. The molecule has 0 aromatic heterocycles. The third-order valence-electron chi connectivity index (χ3n) is 4.53. The van der Waals surface area contributed by atoms with Gasteiger partial charge in [0.25, 0.3) is 5.91 Å². The van der Waals surface area contributed by atoms with Crippen LogP contribution in [0.4, 0.5) is 0 Å². The highest BCUT2D eigenvalue weighted by molar-refractivity contribution is 5.91. The van der Waals surface area contributed by atoms with Crippen molar-refractivity contribution in [3.8, 4) is 12.3 Å². The monoisotopic (exact) mass is 341 g/mol. The summed E-state index contributed by atoms with van der Waals surface area (Å²) in [6.45, 7) is 0.597. The van der Waals surface area contributed by atoms with Crippen molar-refractivity contribution in [2.45, 2.75) is 38.8 Å². The molecule has 0 bridgehead atoms. The molecule has 1 aromatic rings. The molecule has 5 heteroatoms. The van der Waals surface area contributed by atoms with Crippen molar-refractivity contribution in [2.75, 3.05) is 6.54 Å². The van der Waals surface area contributed by atoms with Gasteiger partial charge in [-0.15, -0.1) is 6.42 Å². The van der Waals surface area contributed by atoms with Crippen LogP contribution in [0.1, 0.15) is 30.4 Å². The number of carbonyl (C=O) groups is 1. The van der Waals surface area contributed by atoms with Crippen molar-refractivity contribution in [3.63, 3.8) is 0 Å². The van der Waals surface area contributed by atoms with E-state index in [1.165, 1.54) is 12.8 Å². The Morgan fingerprint density at radius 1 is 1.32 bits per heavy atom. The van der Waals surface area contributed by atoms with Crippen LogP contribution in [-0.2, 0) is 27.5 Å². The number of allylic oxidation sites excluding steroid dienone is 1. The first-order valence-electron chi connectivity index (χ1n) is 8.60. The molecule has 0 saturated heterocycles. The molecule has 25 heavy (non-hydrogen) atoms. The molecule has 2 atom stereocenters. The van der Waals surface area contributed by atoms with Crippen LogP contribution in [-0.4, -0.2) is 23.8 Å². The fraction of sp³-hybridized carbons (Fsp3) is 0.450. The minimum atomic E-state index is -0.445. The predicted octanol–water partition coefficient (Wildman–Crippen LogP) is 2.10. The predicted molar refractivity (Wildman–Crippen MR) is 92.8 cm³/mol. The smallest absolute Gasteiger partial charge is 0.286 e. The van der Waals surface area contributed by atoms with Crippen LogP contribution in [0.3, 0.4) is 0 Å². The molecular formula is C20H23NO4. The number of aliphatic hydroxyl groups excluding tert-OH is 1. The van der Waals surface area contributed by atoms with E-state index in [1.54, 1.807) is 0 Å². The zero-order valence-corrected chi connectivity index (χ0v) is 14.1. The van der Waals surface area contributed by atoms with Crippen LogP contribution >= 0.6 is 0 Å². The number of aliphatic hydroxyl groups is 1. The van der Waals surface area contributed by atoms with Crippen molar-refractivity contribution < 1.29 is 19.4 Å². The van der Waals surface area contributed by atoms with Gasteiger partial charge in [-0.3, -0.25) is 4.79 Å². The van der Waals surface area contributed by atoms with Crippen molar-refractivity contribution in [2.24, 2.45) is 11.8 Å². The lowest BCUT2D eigenvalue weighted by molar-refractivity contribution is -0.154. The van der Waals surface area contributed by atoms with E-state index in [0.29, 0.717) is 24.2 Å². The average molecular weight is 341 g/mol. The Hall–Kier alpha value is -2.29. The summed E-state index contributed by atoms with van der Waals surface area (Å²) in [5.74, 6) is 3.33. The molecule has 1 saturated carbocycles. The van der Waals surface area contributed by atoms with Crippen LogP contribution in [0.5, 0.6) is 0 Å². The van der Waals surface area contributed by atoms with Gasteiger partial charge in [0.2, 0.25) is 6.29 Å². The van der Waals surface area contributed by atoms with Crippen LogP contribution in [0.2, 0.25) is 0 Å². The maximum Gasteiger partial charge on any atom is 0.286 e. The maximum absolute atomic E-state index is 12.2. The zero-order chi connectivity index (χ0) is 17.6. The third kappa shape index (κ3) is 4.85. The van der Waals surface area contributed by atoms with Crippen LogP contribution in [0.25, 0.3) is 0 Å². The SMILES string of the molecule is C#CCNC(=O)C1=C[C@H](C2CC2)C[C@H](OCc2ccc(CO)cc2)O1. The molecule has 1 amide bonds. The van der Waals surface area contributed by atoms with E-state index in [4.69, 9.17) is 21.0 Å². The quantitative estimate of drug-likeness (QED) is 0.746. The second-order valence-corrected chi connectivity index (χ2v) is 6.49. The van der Waals surface area contributed by atoms with Gasteiger partial charge in [-0.05, 0) is 41.9 Å². The van der Waals surface area contributed by atoms with E-state index in [9.17, 15) is 4.79 Å². The fourth-order valence-electron chi connectivity index (χ4n) is 2.95. The lowest BCUT2D eigenvalue weighted by Crippen LogP contribution is -2.33. The van der Waals surface area contributed by atoms with Gasteiger partial charge in [-0.25, -0.2) is 0 Å². The van der Waals surface area contributed by atoms with E-state index in [1.807, 2.05) is 30.3 Å². The number of amides is 1. The topological polar surface area (TPSA) is 67.8 Å². The number of hydrogen-bond acceptors (Lipinski definition) is 4. The Bertz CT molecular complexity index is 670. The Balaban J connectivity index is 1.60. The van der Waals surface area contributed by atoms with Gasteiger partial charge in [-0.2, -0.15) is 0 Å². The molecule has 5 nitrogen and oxygen atoms in total. The summed E-state index contributed by atoms with van der Waals surface area (Å²) in [6, 6.07) is 7.57. The number of hydrogen-bond donors (Lipinski definition) is 2. The average Bonchev–Trinajstić information content (AvgIpc) is 3.50. The van der Waals surface area contributed by atoms with Crippen LogP contribution < -0.4 is 5.32 Å². The Labute approximate surface area is 148 Å². The van der Waals surface area contributed by atoms with Crippen molar-refractivity contribution in [1.29, 1.82) is 0 Å².